The van der Waals surface area contributed by atoms with Crippen LogP contribution >= 0.6 is 11.6 Å². The number of anilines is 2. The van der Waals surface area contributed by atoms with E-state index in [1.54, 1.807) is 24.3 Å². The molecule has 4 rings (SSSR count). The lowest BCUT2D eigenvalue weighted by molar-refractivity contribution is 0.601. The van der Waals surface area contributed by atoms with E-state index in [1.807, 2.05) is 0 Å². The molecule has 0 saturated carbocycles. The minimum atomic E-state index is -4.20. The number of rotatable bonds is 5. The molecule has 0 saturated heterocycles. The molecular formula is C20H12ClF2N4O2S-. The summed E-state index contributed by atoms with van der Waals surface area (Å²) in [6.07, 6.45) is 0. The standard InChI is InChI=1S/C20H12ClF2N4O2S/c21-15-11-13(7-10-16(15)23)24-19-20(26-18-4-2-1-3-17(18)25-19)27-30(28,29)14-8-5-12(22)6-9-14/h1-11H,(H-,24,25,26,27)/q-1. The summed E-state index contributed by atoms with van der Waals surface area (Å²) in [6, 6.07) is 15.0. The lowest BCUT2D eigenvalue weighted by Crippen LogP contribution is -2.03. The van der Waals surface area contributed by atoms with Crippen LogP contribution in [-0.4, -0.2) is 18.4 Å². The smallest absolute Gasteiger partial charge is 0.202 e. The Balaban J connectivity index is 1.78. The fraction of sp³-hybridized carbons (Fsp3) is 0. The highest BCUT2D eigenvalue weighted by Gasteiger charge is 2.13. The molecule has 0 unspecified atom stereocenters. The number of nitrogens with zero attached hydrogens (tertiary/aromatic N) is 3. The van der Waals surface area contributed by atoms with Crippen LogP contribution in [0.1, 0.15) is 0 Å². The maximum atomic E-state index is 13.5. The molecule has 0 amide bonds. The minimum Gasteiger partial charge on any atom is -0.431 e. The number of halogens is 3. The number of sulfonamides is 1. The molecule has 0 fully saturated rings. The van der Waals surface area contributed by atoms with E-state index in [2.05, 4.69) is 20.0 Å². The fourth-order valence-electron chi connectivity index (χ4n) is 2.62. The molecule has 0 spiro atoms. The Morgan fingerprint density at radius 2 is 1.57 bits per heavy atom. The Labute approximate surface area is 175 Å². The van der Waals surface area contributed by atoms with E-state index < -0.39 is 21.7 Å². The molecule has 0 atom stereocenters. The lowest BCUT2D eigenvalue weighted by atomic mass is 10.3. The molecular weight excluding hydrogens is 434 g/mol. The van der Waals surface area contributed by atoms with E-state index in [1.165, 1.54) is 12.1 Å². The minimum absolute atomic E-state index is 0.0297. The van der Waals surface area contributed by atoms with Crippen LogP contribution in [0.15, 0.2) is 71.6 Å². The molecule has 0 bridgehead atoms. The van der Waals surface area contributed by atoms with Crippen molar-refractivity contribution in [1.29, 1.82) is 0 Å². The summed E-state index contributed by atoms with van der Waals surface area (Å²) < 4.78 is 55.8. The van der Waals surface area contributed by atoms with Gasteiger partial charge in [0.1, 0.15) is 17.5 Å². The number of fused-ring (bicyclic) bond motifs is 1. The molecule has 3 aromatic carbocycles. The van der Waals surface area contributed by atoms with E-state index in [0.717, 1.165) is 30.3 Å². The first-order valence-corrected chi connectivity index (χ1v) is 10.4. The summed E-state index contributed by atoms with van der Waals surface area (Å²) >= 11 is 5.81. The van der Waals surface area contributed by atoms with Gasteiger partial charge in [0, 0.05) is 5.69 Å². The van der Waals surface area contributed by atoms with Crippen LogP contribution in [0.5, 0.6) is 0 Å². The molecule has 1 N–H and O–H groups in total. The summed E-state index contributed by atoms with van der Waals surface area (Å²) in [5.74, 6) is -1.36. The quantitative estimate of drug-likeness (QED) is 0.426. The van der Waals surface area contributed by atoms with Crippen LogP contribution in [0.4, 0.5) is 26.1 Å². The maximum absolute atomic E-state index is 13.5. The Morgan fingerprint density at radius 1 is 0.900 bits per heavy atom. The number of hydrogen-bond acceptors (Lipinski definition) is 5. The van der Waals surface area contributed by atoms with Crippen molar-refractivity contribution < 1.29 is 17.2 Å². The average Bonchev–Trinajstić information content (AvgIpc) is 2.71. The van der Waals surface area contributed by atoms with Crippen molar-refractivity contribution in [1.82, 2.24) is 9.97 Å². The van der Waals surface area contributed by atoms with E-state index in [9.17, 15) is 17.2 Å². The first kappa shape index (κ1) is 20.0. The molecule has 6 nitrogen and oxygen atoms in total. The largest absolute Gasteiger partial charge is 0.431 e. The van der Waals surface area contributed by atoms with Crippen LogP contribution in [0.2, 0.25) is 5.02 Å². The zero-order valence-electron chi connectivity index (χ0n) is 15.1. The molecule has 0 aliphatic heterocycles. The number of para-hydroxylation sites is 2. The second kappa shape index (κ2) is 7.85. The Morgan fingerprint density at radius 3 is 2.23 bits per heavy atom. The molecule has 10 heteroatoms. The summed E-state index contributed by atoms with van der Waals surface area (Å²) in [5.41, 5.74) is 1.28. The highest BCUT2D eigenvalue weighted by atomic mass is 35.5. The Bertz CT molecular complexity index is 1350. The summed E-state index contributed by atoms with van der Waals surface area (Å²) in [6.45, 7) is 0. The van der Waals surface area contributed by atoms with Crippen LogP contribution in [0.3, 0.4) is 0 Å². The Kier molecular flexibility index (Phi) is 5.23. The van der Waals surface area contributed by atoms with Crippen molar-refractivity contribution in [3.63, 3.8) is 0 Å². The first-order chi connectivity index (χ1) is 14.3. The average molecular weight is 446 g/mol. The Hall–Kier alpha value is -3.30. The molecule has 0 aliphatic rings. The molecule has 1 heterocycles. The van der Waals surface area contributed by atoms with Crippen molar-refractivity contribution >= 4 is 50.0 Å². The maximum Gasteiger partial charge on any atom is 0.202 e. The zero-order valence-corrected chi connectivity index (χ0v) is 16.6. The first-order valence-electron chi connectivity index (χ1n) is 8.54. The van der Waals surface area contributed by atoms with Crippen LogP contribution in [0, 0.1) is 11.6 Å². The summed E-state index contributed by atoms with van der Waals surface area (Å²) in [7, 11) is -4.20. The van der Waals surface area contributed by atoms with E-state index in [-0.39, 0.29) is 21.6 Å². The zero-order chi connectivity index (χ0) is 21.3. The van der Waals surface area contributed by atoms with E-state index >= 15 is 0 Å². The van der Waals surface area contributed by atoms with Crippen molar-refractivity contribution in [2.45, 2.75) is 4.90 Å². The van der Waals surface area contributed by atoms with Gasteiger partial charge in [-0.3, -0.25) is 0 Å². The van der Waals surface area contributed by atoms with Crippen LogP contribution in [-0.2, 0) is 10.0 Å². The van der Waals surface area contributed by atoms with Crippen molar-refractivity contribution in [2.75, 3.05) is 5.32 Å². The van der Waals surface area contributed by atoms with Gasteiger partial charge in [-0.25, -0.2) is 22.2 Å². The topological polar surface area (TPSA) is 86.1 Å². The van der Waals surface area contributed by atoms with Gasteiger partial charge in [-0.05, 0) is 59.9 Å². The molecule has 1 aromatic heterocycles. The van der Waals surface area contributed by atoms with Gasteiger partial charge in [-0.15, -0.1) is 0 Å². The SMILES string of the molecule is O=S(=O)([N-]c1nc2ccccc2nc1Nc1ccc(F)c(Cl)c1)c1ccc(F)cc1. The van der Waals surface area contributed by atoms with Crippen LogP contribution in [0.25, 0.3) is 15.8 Å². The third-order valence-corrected chi connectivity index (χ3v) is 5.62. The van der Waals surface area contributed by atoms with E-state index in [4.69, 9.17) is 11.6 Å². The molecule has 4 aromatic rings. The number of benzene rings is 3. The van der Waals surface area contributed by atoms with Gasteiger partial charge < -0.3 is 15.0 Å². The molecule has 0 aliphatic carbocycles. The molecule has 30 heavy (non-hydrogen) atoms. The van der Waals surface area contributed by atoms with Gasteiger partial charge in [-0.1, -0.05) is 29.8 Å². The summed E-state index contributed by atoms with van der Waals surface area (Å²) in [4.78, 5) is 8.47. The third-order valence-electron chi connectivity index (χ3n) is 4.05. The summed E-state index contributed by atoms with van der Waals surface area (Å²) in [5, 5.41) is 2.75. The highest BCUT2D eigenvalue weighted by molar-refractivity contribution is 7.94. The molecule has 152 valence electrons. The third kappa shape index (κ3) is 4.17. The van der Waals surface area contributed by atoms with Gasteiger partial charge >= 0.3 is 0 Å². The second-order valence-electron chi connectivity index (χ2n) is 6.16. The fourth-order valence-corrected chi connectivity index (χ4v) is 3.74. The van der Waals surface area contributed by atoms with Crippen molar-refractivity contribution in [3.8, 4) is 0 Å². The monoisotopic (exact) mass is 445 g/mol. The highest BCUT2D eigenvalue weighted by Crippen LogP contribution is 2.35. The van der Waals surface area contributed by atoms with Gasteiger partial charge in [0.2, 0.25) is 10.0 Å². The molecule has 0 radical (unpaired) electrons. The van der Waals surface area contributed by atoms with Gasteiger partial charge in [0.05, 0.1) is 15.4 Å². The van der Waals surface area contributed by atoms with Gasteiger partial charge in [-0.2, -0.15) is 0 Å². The predicted octanol–water partition coefficient (Wildman–Crippen LogP) is 5.70. The second-order valence-corrected chi connectivity index (χ2v) is 8.17. The van der Waals surface area contributed by atoms with Gasteiger partial charge in [0.15, 0.2) is 0 Å². The van der Waals surface area contributed by atoms with Crippen molar-refractivity contribution in [3.05, 3.63) is 88.1 Å². The van der Waals surface area contributed by atoms with Crippen molar-refractivity contribution in [2.24, 2.45) is 0 Å². The number of aromatic nitrogens is 2. The van der Waals surface area contributed by atoms with Gasteiger partial charge in [0.25, 0.3) is 0 Å². The predicted molar refractivity (Wildman–Crippen MR) is 111 cm³/mol. The lowest BCUT2D eigenvalue weighted by Gasteiger charge is -2.21. The number of nitrogens with one attached hydrogen (secondary N) is 1. The van der Waals surface area contributed by atoms with E-state index in [0.29, 0.717) is 16.7 Å². The number of hydrogen-bond donors (Lipinski definition) is 1. The normalized spacial score (nSPS) is 11.4. The van der Waals surface area contributed by atoms with Crippen LogP contribution < -0.4 is 5.32 Å².